The molecule has 1 N–H and O–H groups in total. The number of imidazole rings is 1. The number of amides is 1. The number of benzene rings is 4. The van der Waals surface area contributed by atoms with Gasteiger partial charge in [-0.1, -0.05) is 142 Å². The van der Waals surface area contributed by atoms with Gasteiger partial charge in [-0.05, 0) is 46.2 Å². The van der Waals surface area contributed by atoms with Gasteiger partial charge in [0.05, 0.1) is 23.6 Å². The van der Waals surface area contributed by atoms with Crippen LogP contribution in [0.5, 0.6) is 0 Å². The van der Waals surface area contributed by atoms with Crippen LogP contribution in [0.3, 0.4) is 0 Å². The Bertz CT molecular complexity index is 1870. The molecule has 0 saturated carbocycles. The average Bonchev–Trinajstić information content (AvgIpc) is 3.51. The summed E-state index contributed by atoms with van der Waals surface area (Å²) >= 11 is 0. The Labute approximate surface area is 288 Å². The largest absolute Gasteiger partial charge is 0.349 e. The molecule has 4 aromatic carbocycles. The van der Waals surface area contributed by atoms with Crippen LogP contribution in [0.4, 0.5) is 4.39 Å². The number of carbonyl (C=O) groups is 1. The summed E-state index contributed by atoms with van der Waals surface area (Å²) in [6.07, 6.45) is 5.73. The van der Waals surface area contributed by atoms with Gasteiger partial charge in [0.15, 0.2) is 0 Å². The van der Waals surface area contributed by atoms with Crippen molar-refractivity contribution in [3.63, 3.8) is 0 Å². The van der Waals surface area contributed by atoms with Gasteiger partial charge in [-0.3, -0.25) is 9.78 Å². The number of nitrogens with zero attached hydrogens (tertiary/aromatic N) is 3. The summed E-state index contributed by atoms with van der Waals surface area (Å²) in [5.41, 5.74) is 6.13. The van der Waals surface area contributed by atoms with E-state index in [-0.39, 0.29) is 23.2 Å². The minimum absolute atomic E-state index is 0.0482. The molecule has 0 saturated heterocycles. The first-order valence-electron chi connectivity index (χ1n) is 16.9. The summed E-state index contributed by atoms with van der Waals surface area (Å²) < 4.78 is 15.9. The second-order valence-corrected chi connectivity index (χ2v) is 13.5. The summed E-state index contributed by atoms with van der Waals surface area (Å²) in [6.45, 7) is 8.33. The molecule has 0 fully saturated rings. The number of carbonyl (C=O) groups excluding carboxylic acids is 1. The number of aromatic nitrogens is 3. The van der Waals surface area contributed by atoms with E-state index < -0.39 is 5.54 Å². The zero-order chi connectivity index (χ0) is 34.4. The van der Waals surface area contributed by atoms with Crippen LogP contribution in [0.15, 0.2) is 140 Å². The Hall–Kier alpha value is -5.36. The third-order valence-corrected chi connectivity index (χ3v) is 9.48. The van der Waals surface area contributed by atoms with E-state index in [9.17, 15) is 9.18 Å². The van der Waals surface area contributed by atoms with Crippen LogP contribution in [-0.2, 0) is 23.2 Å². The van der Waals surface area contributed by atoms with E-state index in [1.807, 2.05) is 42.5 Å². The first kappa shape index (κ1) is 33.5. The number of nitrogens with one attached hydrogen (secondary N) is 1. The van der Waals surface area contributed by atoms with Gasteiger partial charge in [-0.2, -0.15) is 0 Å². The molecule has 0 aliphatic rings. The molecule has 0 radical (unpaired) electrons. The van der Waals surface area contributed by atoms with Crippen molar-refractivity contribution in [2.75, 3.05) is 0 Å². The molecule has 1 unspecified atom stereocenters. The van der Waals surface area contributed by atoms with Crippen LogP contribution in [0.2, 0.25) is 0 Å². The molecule has 0 spiro atoms. The molecule has 2 heterocycles. The molecule has 1 atom stereocenters. The van der Waals surface area contributed by atoms with E-state index in [1.165, 1.54) is 12.3 Å². The van der Waals surface area contributed by atoms with Crippen molar-refractivity contribution in [1.29, 1.82) is 0 Å². The van der Waals surface area contributed by atoms with Crippen molar-refractivity contribution < 1.29 is 9.18 Å². The van der Waals surface area contributed by atoms with Crippen LogP contribution >= 0.6 is 0 Å². The van der Waals surface area contributed by atoms with Gasteiger partial charge >= 0.3 is 0 Å². The standard InChI is InChI=1S/C43H43FN4O/c1-5-42(3,4)28-38-30-48(43(34-15-9-6-10-16-34,35-17-11-7-12-18-35)36-19-13-8-14-20-36)41(47-38)27-40(46-31(2)49)33-23-21-32(22-24-33)39-26-25-37(44)29-45-39/h6-26,29-30,40H,5,27-28H2,1-4H3,(H,46,49). The number of hydrogen-bond donors (Lipinski definition) is 1. The van der Waals surface area contributed by atoms with E-state index in [0.717, 1.165) is 52.2 Å². The molecule has 248 valence electrons. The third-order valence-electron chi connectivity index (χ3n) is 9.48. The van der Waals surface area contributed by atoms with Crippen LogP contribution in [0.25, 0.3) is 11.3 Å². The van der Waals surface area contributed by atoms with Gasteiger partial charge in [-0.15, -0.1) is 0 Å². The predicted octanol–water partition coefficient (Wildman–Crippen LogP) is 9.32. The maximum Gasteiger partial charge on any atom is 0.217 e. The van der Waals surface area contributed by atoms with Crippen LogP contribution < -0.4 is 5.32 Å². The van der Waals surface area contributed by atoms with Gasteiger partial charge in [0.25, 0.3) is 0 Å². The summed E-state index contributed by atoms with van der Waals surface area (Å²) in [6, 6.07) is 42.5. The van der Waals surface area contributed by atoms with Gasteiger partial charge in [-0.25, -0.2) is 9.37 Å². The lowest BCUT2D eigenvalue weighted by atomic mass is 9.76. The minimum atomic E-state index is -0.750. The first-order valence-corrected chi connectivity index (χ1v) is 16.9. The highest BCUT2D eigenvalue weighted by Crippen LogP contribution is 2.43. The van der Waals surface area contributed by atoms with Gasteiger partial charge < -0.3 is 9.88 Å². The molecule has 0 aliphatic heterocycles. The summed E-state index contributed by atoms with van der Waals surface area (Å²) in [5.74, 6) is 0.363. The fraction of sp³-hybridized carbons (Fsp3) is 0.233. The second-order valence-electron chi connectivity index (χ2n) is 13.5. The monoisotopic (exact) mass is 650 g/mol. The minimum Gasteiger partial charge on any atom is -0.349 e. The Morgan fingerprint density at radius 1 is 0.796 bits per heavy atom. The van der Waals surface area contributed by atoms with Crippen LogP contribution in [0.1, 0.15) is 73.9 Å². The van der Waals surface area contributed by atoms with Gasteiger partial charge in [0.1, 0.15) is 17.2 Å². The molecule has 49 heavy (non-hydrogen) atoms. The molecule has 6 aromatic rings. The maximum absolute atomic E-state index is 13.5. The lowest BCUT2D eigenvalue weighted by Crippen LogP contribution is -2.39. The summed E-state index contributed by atoms with van der Waals surface area (Å²) in [5, 5.41) is 3.22. The quantitative estimate of drug-likeness (QED) is 0.134. The number of pyridine rings is 1. The lowest BCUT2D eigenvalue weighted by Gasteiger charge is -2.39. The molecule has 1 amide bonds. The van der Waals surface area contributed by atoms with Crippen LogP contribution in [-0.4, -0.2) is 20.4 Å². The zero-order valence-electron chi connectivity index (χ0n) is 28.6. The van der Waals surface area contributed by atoms with E-state index in [2.05, 4.69) is 115 Å². The SMILES string of the molecule is CCC(C)(C)Cc1cn(C(c2ccccc2)(c2ccccc2)c2ccccc2)c(CC(NC(C)=O)c2ccc(-c3ccc(F)cn3)cc2)n1. The molecular weight excluding hydrogens is 607 g/mol. The molecule has 6 rings (SSSR count). The molecule has 0 bridgehead atoms. The second kappa shape index (κ2) is 14.4. The van der Waals surface area contributed by atoms with Crippen molar-refractivity contribution in [2.45, 2.75) is 58.5 Å². The van der Waals surface area contributed by atoms with Crippen molar-refractivity contribution in [2.24, 2.45) is 5.41 Å². The number of rotatable bonds is 12. The van der Waals surface area contributed by atoms with E-state index in [1.54, 1.807) is 13.0 Å². The Morgan fingerprint density at radius 3 is 1.82 bits per heavy atom. The first-order chi connectivity index (χ1) is 23.7. The fourth-order valence-corrected chi connectivity index (χ4v) is 6.68. The van der Waals surface area contributed by atoms with Crippen molar-refractivity contribution in [3.8, 4) is 11.3 Å². The van der Waals surface area contributed by atoms with E-state index in [4.69, 9.17) is 4.98 Å². The summed E-state index contributed by atoms with van der Waals surface area (Å²) in [4.78, 5) is 22.4. The predicted molar refractivity (Wildman–Crippen MR) is 195 cm³/mol. The average molecular weight is 651 g/mol. The van der Waals surface area contributed by atoms with E-state index in [0.29, 0.717) is 12.1 Å². The number of hydrogen-bond acceptors (Lipinski definition) is 3. The topological polar surface area (TPSA) is 59.8 Å². The molecule has 5 nitrogen and oxygen atoms in total. The highest BCUT2D eigenvalue weighted by Gasteiger charge is 2.40. The highest BCUT2D eigenvalue weighted by molar-refractivity contribution is 5.73. The van der Waals surface area contributed by atoms with Gasteiger partial charge in [0, 0.05) is 25.1 Å². The molecule has 2 aromatic heterocycles. The third kappa shape index (κ3) is 7.24. The van der Waals surface area contributed by atoms with Crippen LogP contribution in [0, 0.1) is 11.2 Å². The number of halogens is 1. The van der Waals surface area contributed by atoms with Gasteiger partial charge in [0.2, 0.25) is 5.91 Å². The molecule has 0 aliphatic carbocycles. The highest BCUT2D eigenvalue weighted by atomic mass is 19.1. The Morgan fingerprint density at radius 2 is 1.35 bits per heavy atom. The van der Waals surface area contributed by atoms with E-state index >= 15 is 0 Å². The van der Waals surface area contributed by atoms with Crippen molar-refractivity contribution >= 4 is 5.91 Å². The Kier molecular flexibility index (Phi) is 9.86. The molecule has 6 heteroatoms. The fourth-order valence-electron chi connectivity index (χ4n) is 6.68. The molecular formula is C43H43FN4O. The van der Waals surface area contributed by atoms with Crippen molar-refractivity contribution in [1.82, 2.24) is 19.9 Å². The normalized spacial score (nSPS) is 12.4. The van der Waals surface area contributed by atoms with Crippen molar-refractivity contribution in [3.05, 3.63) is 179 Å². The lowest BCUT2D eigenvalue weighted by molar-refractivity contribution is -0.119. The zero-order valence-corrected chi connectivity index (χ0v) is 28.6. The smallest absolute Gasteiger partial charge is 0.217 e. The summed E-state index contributed by atoms with van der Waals surface area (Å²) in [7, 11) is 0. The maximum atomic E-state index is 13.5. The Balaban J connectivity index is 1.55.